The molecule has 0 saturated carbocycles. The maximum atomic E-state index is 10.3. The van der Waals surface area contributed by atoms with Crippen molar-refractivity contribution in [2.45, 2.75) is 12.8 Å². The fourth-order valence-electron chi connectivity index (χ4n) is 0.379. The van der Waals surface area contributed by atoms with E-state index in [0.717, 1.165) is 0 Å². The number of nitrogens with zero attached hydrogens (tertiary/aromatic N) is 2. The third-order valence-electron chi connectivity index (χ3n) is 0.811. The molecule has 0 aliphatic rings. The Hall–Kier alpha value is -1.86. The third-order valence-corrected chi connectivity index (χ3v) is 0.811. The monoisotopic (exact) mass is 176 g/mol. The summed E-state index contributed by atoms with van der Waals surface area (Å²) in [4.78, 5) is 46.4. The van der Waals surface area contributed by atoms with E-state index in [2.05, 4.69) is 9.68 Å². The van der Waals surface area contributed by atoms with Crippen LogP contribution in [-0.2, 0) is 19.3 Å². The van der Waals surface area contributed by atoms with Gasteiger partial charge < -0.3 is 0 Å². The van der Waals surface area contributed by atoms with Crippen molar-refractivity contribution in [2.24, 2.45) is 10.7 Å². The van der Waals surface area contributed by atoms with E-state index in [1.807, 2.05) is 10.7 Å². The van der Waals surface area contributed by atoms with E-state index < -0.39 is 11.9 Å². The van der Waals surface area contributed by atoms with E-state index in [9.17, 15) is 19.4 Å². The second-order valence-electron chi connectivity index (χ2n) is 1.58. The van der Waals surface area contributed by atoms with Crippen LogP contribution in [0, 0.1) is 9.81 Å². The molecule has 12 heavy (non-hydrogen) atoms. The van der Waals surface area contributed by atoms with Crippen molar-refractivity contribution in [3.05, 3.63) is 9.81 Å². The van der Waals surface area contributed by atoms with E-state index in [-0.39, 0.29) is 12.8 Å². The lowest BCUT2D eigenvalue weighted by atomic mass is 10.3. The molecular formula is C4H4N2O6. The molecule has 0 radical (unpaired) electrons. The summed E-state index contributed by atoms with van der Waals surface area (Å²) in [5, 5.41) is 3.65. The summed E-state index contributed by atoms with van der Waals surface area (Å²) >= 11 is 0. The van der Waals surface area contributed by atoms with Crippen LogP contribution in [-0.4, -0.2) is 11.9 Å². The highest BCUT2D eigenvalue weighted by molar-refractivity contribution is 5.77. The number of carbonyl (C=O) groups excluding carboxylic acids is 2. The first-order valence-electron chi connectivity index (χ1n) is 2.75. The Labute approximate surface area is 65.7 Å². The topological polar surface area (TPSA) is 111 Å². The molecule has 0 unspecified atom stereocenters. The van der Waals surface area contributed by atoms with E-state index in [4.69, 9.17) is 0 Å². The van der Waals surface area contributed by atoms with Crippen LogP contribution in [0.1, 0.15) is 12.8 Å². The van der Waals surface area contributed by atoms with Crippen LogP contribution in [0.5, 0.6) is 0 Å². The average Bonchev–Trinajstić information content (AvgIpc) is 2.02. The van der Waals surface area contributed by atoms with Gasteiger partial charge in [0.1, 0.15) is 0 Å². The molecule has 0 bridgehead atoms. The second kappa shape index (κ2) is 5.89. The molecule has 0 spiro atoms. The molecule has 0 amide bonds. The van der Waals surface area contributed by atoms with Gasteiger partial charge in [0.15, 0.2) is 10.7 Å². The van der Waals surface area contributed by atoms with Crippen LogP contribution < -0.4 is 0 Å². The van der Waals surface area contributed by atoms with Crippen LogP contribution in [0.15, 0.2) is 10.7 Å². The Balaban J connectivity index is 3.53. The van der Waals surface area contributed by atoms with Gasteiger partial charge >= 0.3 is 11.9 Å². The van der Waals surface area contributed by atoms with Crippen molar-refractivity contribution in [1.82, 2.24) is 0 Å². The Morgan fingerprint density at radius 3 is 1.50 bits per heavy atom. The van der Waals surface area contributed by atoms with Gasteiger partial charge in [-0.25, -0.2) is 9.59 Å². The molecule has 8 heteroatoms. The first-order chi connectivity index (χ1) is 5.70. The number of hydrogen-bond acceptors (Lipinski definition) is 8. The van der Waals surface area contributed by atoms with E-state index >= 15 is 0 Å². The molecular weight excluding hydrogens is 172 g/mol. The lowest BCUT2D eigenvalue weighted by Gasteiger charge is -1.91. The first-order valence-corrected chi connectivity index (χ1v) is 2.75. The fourth-order valence-corrected chi connectivity index (χ4v) is 0.379. The minimum Gasteiger partial charge on any atom is -0.285 e. The van der Waals surface area contributed by atoms with Gasteiger partial charge in [0.25, 0.3) is 0 Å². The molecule has 0 atom stereocenters. The molecule has 0 heterocycles. The number of rotatable bonds is 5. The molecule has 0 aliphatic heterocycles. The predicted molar refractivity (Wildman–Crippen MR) is 33.0 cm³/mol. The summed E-state index contributed by atoms with van der Waals surface area (Å²) in [5.41, 5.74) is 0. The van der Waals surface area contributed by atoms with Crippen LogP contribution in [0.4, 0.5) is 0 Å². The smallest absolute Gasteiger partial charge is 0.285 e. The largest absolute Gasteiger partial charge is 0.339 e. The van der Waals surface area contributed by atoms with Crippen molar-refractivity contribution in [2.75, 3.05) is 0 Å². The summed E-state index contributed by atoms with van der Waals surface area (Å²) in [6.07, 6.45) is -0.778. The van der Waals surface area contributed by atoms with Crippen LogP contribution in [0.3, 0.4) is 0 Å². The quantitative estimate of drug-likeness (QED) is 0.437. The van der Waals surface area contributed by atoms with Gasteiger partial charge in [0, 0.05) is 0 Å². The standard InChI is InChI=1S/C4H4N2O6/c7-3(11-5-9)1-2-4(8)12-6-10/h1-2H2. The van der Waals surface area contributed by atoms with Crippen LogP contribution in [0.2, 0.25) is 0 Å². The van der Waals surface area contributed by atoms with E-state index in [1.54, 1.807) is 0 Å². The van der Waals surface area contributed by atoms with Crippen molar-refractivity contribution in [3.8, 4) is 0 Å². The van der Waals surface area contributed by atoms with Crippen LogP contribution in [0.25, 0.3) is 0 Å². The van der Waals surface area contributed by atoms with Gasteiger partial charge in [-0.15, -0.1) is 9.81 Å². The number of carbonyl (C=O) groups is 2. The van der Waals surface area contributed by atoms with Crippen LogP contribution >= 0.6 is 0 Å². The Kier molecular flexibility index (Phi) is 4.98. The molecule has 0 aromatic heterocycles. The molecule has 0 N–H and O–H groups in total. The van der Waals surface area contributed by atoms with E-state index in [1.165, 1.54) is 0 Å². The Morgan fingerprint density at radius 1 is 0.917 bits per heavy atom. The van der Waals surface area contributed by atoms with Crippen molar-refractivity contribution >= 4 is 11.9 Å². The summed E-state index contributed by atoms with van der Waals surface area (Å²) < 4.78 is 0. The summed E-state index contributed by atoms with van der Waals surface area (Å²) in [6.45, 7) is 0. The summed E-state index contributed by atoms with van der Waals surface area (Å²) in [7, 11) is 0. The predicted octanol–water partition coefficient (Wildman–Crippen LogP) is 0.216. The Morgan fingerprint density at radius 2 is 1.25 bits per heavy atom. The fraction of sp³-hybridized carbons (Fsp3) is 0.500. The lowest BCUT2D eigenvalue weighted by molar-refractivity contribution is -0.150. The van der Waals surface area contributed by atoms with Gasteiger partial charge in [0.05, 0.1) is 12.8 Å². The molecule has 66 valence electrons. The zero-order valence-corrected chi connectivity index (χ0v) is 5.76. The molecule has 0 fully saturated rings. The summed E-state index contributed by atoms with van der Waals surface area (Å²) in [6, 6.07) is 0. The molecule has 8 nitrogen and oxygen atoms in total. The molecule has 0 aromatic rings. The minimum absolute atomic E-state index is 0.389. The molecule has 0 saturated heterocycles. The third kappa shape index (κ3) is 4.97. The second-order valence-corrected chi connectivity index (χ2v) is 1.58. The zero-order valence-electron chi connectivity index (χ0n) is 5.76. The van der Waals surface area contributed by atoms with Crippen molar-refractivity contribution in [1.29, 1.82) is 0 Å². The minimum atomic E-state index is -0.979. The van der Waals surface area contributed by atoms with E-state index in [0.29, 0.717) is 0 Å². The molecule has 0 aliphatic carbocycles. The van der Waals surface area contributed by atoms with Crippen molar-refractivity contribution in [3.63, 3.8) is 0 Å². The highest BCUT2D eigenvalue weighted by atomic mass is 16.8. The molecule has 0 rings (SSSR count). The average molecular weight is 176 g/mol. The highest BCUT2D eigenvalue weighted by Gasteiger charge is 2.09. The lowest BCUT2D eigenvalue weighted by Crippen LogP contribution is -2.05. The highest BCUT2D eigenvalue weighted by Crippen LogP contribution is 1.95. The van der Waals surface area contributed by atoms with Gasteiger partial charge in [-0.2, -0.15) is 0 Å². The normalized spacial score (nSPS) is 8.33. The Bertz CT molecular complexity index is 180. The first kappa shape index (κ1) is 10.1. The van der Waals surface area contributed by atoms with Crippen molar-refractivity contribution < 1.29 is 19.3 Å². The zero-order chi connectivity index (χ0) is 9.40. The van der Waals surface area contributed by atoms with Gasteiger partial charge in [-0.1, -0.05) is 0 Å². The maximum absolute atomic E-state index is 10.3. The van der Waals surface area contributed by atoms with Gasteiger partial charge in [0.2, 0.25) is 0 Å². The SMILES string of the molecule is O=NOC(=O)CCC(=O)ON=O. The molecule has 0 aromatic carbocycles. The van der Waals surface area contributed by atoms with Gasteiger partial charge in [-0.05, 0) is 0 Å². The maximum Gasteiger partial charge on any atom is 0.339 e. The number of hydrogen-bond donors (Lipinski definition) is 0. The van der Waals surface area contributed by atoms with Gasteiger partial charge in [-0.3, -0.25) is 9.68 Å². The summed E-state index contributed by atoms with van der Waals surface area (Å²) in [5.74, 6) is -1.96.